The second-order valence-corrected chi connectivity index (χ2v) is 11.7. The number of carbonyl (C=O) groups excluding carboxylic acids is 2. The number of aromatic nitrogens is 2. The number of carboxylic acids is 2. The van der Waals surface area contributed by atoms with Crippen molar-refractivity contribution >= 4 is 41.2 Å². The molecule has 0 bridgehead atoms. The molecule has 2 amide bonds. The van der Waals surface area contributed by atoms with Gasteiger partial charge >= 0.3 is 11.9 Å². The van der Waals surface area contributed by atoms with Crippen molar-refractivity contribution in [3.8, 4) is 0 Å². The van der Waals surface area contributed by atoms with Gasteiger partial charge in [-0.25, -0.2) is 4.79 Å². The van der Waals surface area contributed by atoms with Crippen LogP contribution in [0.3, 0.4) is 0 Å². The van der Waals surface area contributed by atoms with E-state index < -0.39 is 42.3 Å². The van der Waals surface area contributed by atoms with Crippen LogP contribution in [-0.4, -0.2) is 62.6 Å². The normalized spacial score (nSPS) is 14.2. The molecule has 1 saturated carbocycles. The van der Waals surface area contributed by atoms with Crippen LogP contribution < -0.4 is 33.0 Å². The number of carbonyl (C=O) groups is 4. The number of nitrogens with two attached hydrogens (primary N) is 2. The largest absolute Gasteiger partial charge is 0.481 e. The van der Waals surface area contributed by atoms with E-state index in [1.807, 2.05) is 24.3 Å². The van der Waals surface area contributed by atoms with Crippen LogP contribution in [0, 0.1) is 0 Å². The molecule has 2 aromatic carbocycles. The number of amides is 2. The minimum absolute atomic E-state index is 0.0381. The molecule has 0 unspecified atom stereocenters. The minimum Gasteiger partial charge on any atom is -0.481 e. The van der Waals surface area contributed by atoms with E-state index in [1.54, 1.807) is 12.1 Å². The summed E-state index contributed by atoms with van der Waals surface area (Å²) in [7, 11) is 0. The highest BCUT2D eigenvalue weighted by atomic mass is 16.4. The topological polar surface area (TPSA) is 243 Å². The van der Waals surface area contributed by atoms with E-state index in [0.29, 0.717) is 36.6 Å². The molecule has 1 aromatic heterocycles. The molecule has 0 saturated heterocycles. The van der Waals surface area contributed by atoms with Crippen molar-refractivity contribution in [2.45, 2.75) is 75.8 Å². The number of aliphatic carboxylic acids is 2. The molecule has 14 heteroatoms. The third-order valence-electron chi connectivity index (χ3n) is 8.25. The summed E-state index contributed by atoms with van der Waals surface area (Å²) >= 11 is 0. The average Bonchev–Trinajstić information content (AvgIpc) is 3.57. The van der Waals surface area contributed by atoms with Gasteiger partial charge in [0.2, 0.25) is 11.9 Å². The highest BCUT2D eigenvalue weighted by molar-refractivity contribution is 5.98. The second-order valence-electron chi connectivity index (χ2n) is 11.7. The molecule has 0 radical (unpaired) electrons. The number of hydrogen-bond acceptors (Lipinski definition) is 9. The Labute approximate surface area is 271 Å². The van der Waals surface area contributed by atoms with Gasteiger partial charge in [-0.1, -0.05) is 37.1 Å². The average molecular weight is 648 g/mol. The summed E-state index contributed by atoms with van der Waals surface area (Å²) in [5.74, 6) is -3.33. The number of aromatic amines is 1. The Morgan fingerprint density at radius 3 is 2.36 bits per heavy atom. The first-order valence-corrected chi connectivity index (χ1v) is 15.6. The van der Waals surface area contributed by atoms with Gasteiger partial charge < -0.3 is 37.6 Å². The number of carboxylic acid groups (broad SMARTS) is 2. The van der Waals surface area contributed by atoms with Crippen LogP contribution >= 0.6 is 0 Å². The molecule has 4 rings (SSSR count). The van der Waals surface area contributed by atoms with Gasteiger partial charge in [0, 0.05) is 30.6 Å². The summed E-state index contributed by atoms with van der Waals surface area (Å²) in [4.78, 5) is 68.0. The number of nitrogens with zero attached hydrogens (tertiary/aromatic N) is 1. The summed E-state index contributed by atoms with van der Waals surface area (Å²) in [6.07, 6.45) is 4.85. The molecule has 2 atom stereocenters. The third-order valence-corrected chi connectivity index (χ3v) is 8.25. The van der Waals surface area contributed by atoms with Gasteiger partial charge in [-0.05, 0) is 73.4 Å². The molecule has 0 aliphatic heterocycles. The predicted molar refractivity (Wildman–Crippen MR) is 176 cm³/mol. The van der Waals surface area contributed by atoms with E-state index in [-0.39, 0.29) is 35.7 Å². The quantitative estimate of drug-likeness (QED) is 0.105. The first kappa shape index (κ1) is 34.5. The Hall–Kier alpha value is -5.40. The van der Waals surface area contributed by atoms with Crippen molar-refractivity contribution in [3.63, 3.8) is 0 Å². The first-order valence-electron chi connectivity index (χ1n) is 15.6. The van der Waals surface area contributed by atoms with E-state index in [1.165, 1.54) is 12.1 Å². The zero-order valence-corrected chi connectivity index (χ0v) is 26.0. The number of H-pyrrole nitrogens is 1. The minimum atomic E-state index is -1.28. The maximum atomic E-state index is 13.2. The summed E-state index contributed by atoms with van der Waals surface area (Å²) in [5.41, 5.74) is 14.1. The fourth-order valence-electron chi connectivity index (χ4n) is 5.73. The number of hydrogen-bond donors (Lipinski definition) is 8. The van der Waals surface area contributed by atoms with Crippen LogP contribution in [0.1, 0.15) is 77.9 Å². The molecule has 0 spiro atoms. The van der Waals surface area contributed by atoms with Gasteiger partial charge in [0.15, 0.2) is 0 Å². The number of nitrogen functional groups attached to an aromatic ring is 2. The number of rotatable bonds is 16. The standard InChI is InChI=1S/C33H41N7O7/c34-28-24(30(44)40-33(35)39-28)9-4-16-36-23-12-10-21(11-13-23)29(43)37-25(14-15-27(41)42)31(45)38-26(32(46)47)18-19-5-3-8-22(17-19)20-6-1-2-7-20/h3,5,8,10-13,17,20,25-26,36H,1-2,4,6-7,9,14-16,18H2,(H,37,43)(H,38,45)(H,41,42)(H,46,47)(H5,34,35,39,40,44)/t25-,26-/m0/s1. The SMILES string of the molecule is Nc1nc(N)c(CCCNc2ccc(C(=O)N[C@@H](CCC(=O)O)C(=O)N[C@@H](Cc3cccc(C4CCCC4)c3)C(=O)O)cc2)c(=O)[nH]1. The molecule has 250 valence electrons. The summed E-state index contributed by atoms with van der Waals surface area (Å²) in [6.45, 7) is 0.488. The summed E-state index contributed by atoms with van der Waals surface area (Å²) in [5, 5.41) is 27.3. The maximum Gasteiger partial charge on any atom is 0.326 e. The van der Waals surface area contributed by atoms with Gasteiger partial charge in [-0.2, -0.15) is 4.98 Å². The molecule has 14 nitrogen and oxygen atoms in total. The van der Waals surface area contributed by atoms with Crippen molar-refractivity contribution in [1.29, 1.82) is 0 Å². The van der Waals surface area contributed by atoms with Crippen molar-refractivity contribution < 1.29 is 29.4 Å². The van der Waals surface area contributed by atoms with Crippen LogP contribution in [0.15, 0.2) is 53.3 Å². The van der Waals surface area contributed by atoms with E-state index in [9.17, 15) is 34.2 Å². The Morgan fingerprint density at radius 2 is 1.70 bits per heavy atom. The molecule has 1 fully saturated rings. The predicted octanol–water partition coefficient (Wildman–Crippen LogP) is 2.41. The molecule has 1 aliphatic carbocycles. The van der Waals surface area contributed by atoms with Crippen molar-refractivity contribution in [2.75, 3.05) is 23.3 Å². The van der Waals surface area contributed by atoms with E-state index in [4.69, 9.17) is 11.5 Å². The lowest BCUT2D eigenvalue weighted by molar-refractivity contribution is -0.142. The maximum absolute atomic E-state index is 13.2. The molecule has 1 aliphatic rings. The lowest BCUT2D eigenvalue weighted by Gasteiger charge is -2.22. The van der Waals surface area contributed by atoms with E-state index in [0.717, 1.165) is 36.8 Å². The van der Waals surface area contributed by atoms with Gasteiger partial charge in [0.25, 0.3) is 11.5 Å². The van der Waals surface area contributed by atoms with Crippen LogP contribution in [0.5, 0.6) is 0 Å². The van der Waals surface area contributed by atoms with E-state index >= 15 is 0 Å². The highest BCUT2D eigenvalue weighted by Gasteiger charge is 2.28. The van der Waals surface area contributed by atoms with Gasteiger partial charge in [-0.15, -0.1) is 0 Å². The Balaban J connectivity index is 1.34. The Kier molecular flexibility index (Phi) is 11.9. The molecule has 10 N–H and O–H groups in total. The lowest BCUT2D eigenvalue weighted by Crippen LogP contribution is -2.52. The fraction of sp³-hybridized carbons (Fsp3) is 0.394. The highest BCUT2D eigenvalue weighted by Crippen LogP contribution is 2.34. The Bertz CT molecular complexity index is 1630. The third kappa shape index (κ3) is 10.0. The molecular weight excluding hydrogens is 606 g/mol. The number of nitrogens with one attached hydrogen (secondary N) is 4. The molecule has 1 heterocycles. The van der Waals surface area contributed by atoms with Gasteiger partial charge in [0.1, 0.15) is 17.9 Å². The smallest absolute Gasteiger partial charge is 0.326 e. The monoisotopic (exact) mass is 647 g/mol. The first-order chi connectivity index (χ1) is 22.5. The molecular formula is C33H41N7O7. The summed E-state index contributed by atoms with van der Waals surface area (Å²) in [6, 6.07) is 11.6. The second kappa shape index (κ2) is 16.2. The van der Waals surface area contributed by atoms with Crippen LogP contribution in [-0.2, 0) is 27.2 Å². The fourth-order valence-corrected chi connectivity index (χ4v) is 5.73. The number of anilines is 3. The molecule has 3 aromatic rings. The van der Waals surface area contributed by atoms with Crippen LogP contribution in [0.25, 0.3) is 0 Å². The molecule has 47 heavy (non-hydrogen) atoms. The van der Waals surface area contributed by atoms with Crippen molar-refractivity contribution in [1.82, 2.24) is 20.6 Å². The van der Waals surface area contributed by atoms with Gasteiger partial charge in [-0.3, -0.25) is 24.2 Å². The lowest BCUT2D eigenvalue weighted by atomic mass is 9.94. The van der Waals surface area contributed by atoms with Crippen LogP contribution in [0.4, 0.5) is 17.5 Å². The van der Waals surface area contributed by atoms with Crippen LogP contribution in [0.2, 0.25) is 0 Å². The zero-order chi connectivity index (χ0) is 33.9. The number of benzene rings is 2. The Morgan fingerprint density at radius 1 is 0.979 bits per heavy atom. The zero-order valence-electron chi connectivity index (χ0n) is 26.0. The van der Waals surface area contributed by atoms with E-state index in [2.05, 4.69) is 25.9 Å². The van der Waals surface area contributed by atoms with Crippen molar-refractivity contribution in [3.05, 3.63) is 81.1 Å². The van der Waals surface area contributed by atoms with Crippen molar-refractivity contribution in [2.24, 2.45) is 0 Å². The van der Waals surface area contributed by atoms with Gasteiger partial charge in [0.05, 0.1) is 5.56 Å². The summed E-state index contributed by atoms with van der Waals surface area (Å²) < 4.78 is 0.